The van der Waals surface area contributed by atoms with Gasteiger partial charge in [-0.2, -0.15) is 4.31 Å². The van der Waals surface area contributed by atoms with Gasteiger partial charge in [0.05, 0.1) is 20.0 Å². The van der Waals surface area contributed by atoms with Gasteiger partial charge in [0.25, 0.3) is 0 Å². The van der Waals surface area contributed by atoms with Crippen molar-refractivity contribution >= 4 is 34.4 Å². The largest absolute Gasteiger partial charge is 0.468 e. The average molecular weight is 483 g/mol. The minimum Gasteiger partial charge on any atom is -0.468 e. The van der Waals surface area contributed by atoms with Crippen LogP contribution in [0.1, 0.15) is 70.6 Å². The van der Waals surface area contributed by atoms with Crippen molar-refractivity contribution in [3.63, 3.8) is 0 Å². The summed E-state index contributed by atoms with van der Waals surface area (Å²) in [5.41, 5.74) is 0. The summed E-state index contributed by atoms with van der Waals surface area (Å²) in [4.78, 5) is 22.7. The minimum absolute atomic E-state index is 0. The average Bonchev–Trinajstić information content (AvgIpc) is 2.79. The van der Waals surface area contributed by atoms with E-state index in [9.17, 15) is 18.0 Å². The van der Waals surface area contributed by atoms with E-state index >= 15 is 0 Å². The Hall–Kier alpha value is -0.900. The third-order valence-electron chi connectivity index (χ3n) is 6.25. The Balaban J connectivity index is 0.000000370. The summed E-state index contributed by atoms with van der Waals surface area (Å²) in [5.74, 6) is -0.0916. The molecule has 0 spiro atoms. The molecule has 2 heterocycles. The number of esters is 2. The Labute approximate surface area is 193 Å². The molecule has 2 saturated heterocycles. The quantitative estimate of drug-likeness (QED) is 0.601. The van der Waals surface area contributed by atoms with Crippen LogP contribution in [0.25, 0.3) is 0 Å². The van der Waals surface area contributed by atoms with Gasteiger partial charge in [0, 0.05) is 6.54 Å². The number of carbonyl (C=O) groups is 2. The third-order valence-corrected chi connectivity index (χ3v) is 8.30. The molecule has 0 unspecified atom stereocenters. The van der Waals surface area contributed by atoms with Crippen molar-refractivity contribution in [2.45, 2.75) is 82.7 Å². The second-order valence-corrected chi connectivity index (χ2v) is 10.4. The Kier molecular flexibility index (Phi) is 13.0. The summed E-state index contributed by atoms with van der Waals surface area (Å²) < 4.78 is 36.0. The van der Waals surface area contributed by atoms with Gasteiger partial charge < -0.3 is 14.8 Å². The second kappa shape index (κ2) is 14.3. The highest BCUT2D eigenvalue weighted by atomic mass is 35.5. The monoisotopic (exact) mass is 482 g/mol. The van der Waals surface area contributed by atoms with Crippen molar-refractivity contribution < 1.29 is 27.5 Å². The van der Waals surface area contributed by atoms with Gasteiger partial charge in [0.1, 0.15) is 12.1 Å². The number of nitrogens with one attached hydrogen (secondary N) is 1. The van der Waals surface area contributed by atoms with Crippen LogP contribution in [-0.2, 0) is 29.1 Å². The molecule has 1 saturated carbocycles. The van der Waals surface area contributed by atoms with Crippen molar-refractivity contribution in [1.82, 2.24) is 9.62 Å². The van der Waals surface area contributed by atoms with Crippen LogP contribution in [0.15, 0.2) is 0 Å². The molecule has 0 amide bonds. The van der Waals surface area contributed by atoms with Crippen LogP contribution in [0.3, 0.4) is 0 Å². The highest BCUT2D eigenvalue weighted by Gasteiger charge is 2.38. The molecule has 182 valence electrons. The maximum Gasteiger partial charge on any atom is 0.324 e. The molecule has 3 rings (SSSR count). The molecule has 0 aromatic rings. The first-order chi connectivity index (χ1) is 14.4. The van der Waals surface area contributed by atoms with E-state index in [1.54, 1.807) is 0 Å². The number of sulfonamides is 1. The van der Waals surface area contributed by atoms with Crippen molar-refractivity contribution in [3.8, 4) is 0 Å². The van der Waals surface area contributed by atoms with Gasteiger partial charge in [0.2, 0.25) is 10.0 Å². The fourth-order valence-electron chi connectivity index (χ4n) is 4.55. The van der Waals surface area contributed by atoms with E-state index in [1.165, 1.54) is 31.4 Å². The lowest BCUT2D eigenvalue weighted by Gasteiger charge is -2.34. The molecule has 0 aromatic carbocycles. The minimum atomic E-state index is -3.35. The van der Waals surface area contributed by atoms with E-state index < -0.39 is 22.0 Å². The molecule has 3 aliphatic rings. The highest BCUT2D eigenvalue weighted by molar-refractivity contribution is 7.89. The Morgan fingerprint density at radius 1 is 0.871 bits per heavy atom. The van der Waals surface area contributed by atoms with E-state index in [4.69, 9.17) is 4.74 Å². The van der Waals surface area contributed by atoms with E-state index in [-0.39, 0.29) is 36.1 Å². The first-order valence-electron chi connectivity index (χ1n) is 11.3. The molecular weight excluding hydrogens is 444 g/mol. The first-order valence-corrected chi connectivity index (χ1v) is 12.9. The zero-order valence-electron chi connectivity index (χ0n) is 18.8. The van der Waals surface area contributed by atoms with Crippen LogP contribution < -0.4 is 5.32 Å². The predicted octanol–water partition coefficient (Wildman–Crippen LogP) is 2.65. The fourth-order valence-corrected chi connectivity index (χ4v) is 6.66. The van der Waals surface area contributed by atoms with E-state index in [1.807, 2.05) is 0 Å². The summed E-state index contributed by atoms with van der Waals surface area (Å²) >= 11 is 0. The van der Waals surface area contributed by atoms with Gasteiger partial charge in [-0.25, -0.2) is 8.42 Å². The van der Waals surface area contributed by atoms with Crippen LogP contribution in [0.5, 0.6) is 0 Å². The van der Waals surface area contributed by atoms with Gasteiger partial charge in [-0.15, -0.1) is 12.4 Å². The lowest BCUT2D eigenvalue weighted by molar-refractivity contribution is -0.146. The van der Waals surface area contributed by atoms with Gasteiger partial charge >= 0.3 is 11.9 Å². The maximum atomic E-state index is 12.6. The number of nitrogens with zero attached hydrogens (tertiary/aromatic N) is 1. The molecular formula is C21H39ClN2O6S. The number of piperidine rings is 2. The van der Waals surface area contributed by atoms with Crippen LogP contribution in [0.2, 0.25) is 0 Å². The summed E-state index contributed by atoms with van der Waals surface area (Å²) in [6.07, 6.45) is 11.0. The third kappa shape index (κ3) is 8.86. The Morgan fingerprint density at radius 2 is 1.48 bits per heavy atom. The van der Waals surface area contributed by atoms with Crippen molar-refractivity contribution in [2.75, 3.05) is 33.1 Å². The first kappa shape index (κ1) is 28.1. The molecule has 0 bridgehead atoms. The van der Waals surface area contributed by atoms with Crippen LogP contribution in [0.4, 0.5) is 0 Å². The molecule has 2 aliphatic heterocycles. The number of carbonyl (C=O) groups excluding carboxylic acids is 2. The normalized spacial score (nSPS) is 25.4. The maximum absolute atomic E-state index is 12.6. The Bertz CT molecular complexity index is 648. The lowest BCUT2D eigenvalue weighted by Crippen LogP contribution is -2.49. The van der Waals surface area contributed by atoms with Gasteiger partial charge in [-0.1, -0.05) is 25.7 Å². The van der Waals surface area contributed by atoms with E-state index in [2.05, 4.69) is 10.1 Å². The zero-order chi connectivity index (χ0) is 22.0. The molecule has 1 N–H and O–H groups in total. The number of halogens is 1. The summed E-state index contributed by atoms with van der Waals surface area (Å²) in [6, 6.07) is -0.652. The predicted molar refractivity (Wildman–Crippen MR) is 122 cm³/mol. The van der Waals surface area contributed by atoms with Gasteiger partial charge in [-0.05, 0) is 57.4 Å². The SMILES string of the molecule is COC(=O)[C@@H]1CCCCN1.COC(=O)[C@@H]1CCCCN1S(=O)(=O)CC1CCCCC1.Cl. The van der Waals surface area contributed by atoms with Crippen molar-refractivity contribution in [1.29, 1.82) is 0 Å². The molecule has 2 atom stereocenters. The van der Waals surface area contributed by atoms with Crippen LogP contribution in [0, 0.1) is 5.92 Å². The molecule has 31 heavy (non-hydrogen) atoms. The lowest BCUT2D eigenvalue weighted by atomic mass is 9.91. The summed E-state index contributed by atoms with van der Waals surface area (Å²) in [5, 5.41) is 3.10. The standard InChI is InChI=1S/C14H25NO4S.C7H13NO2.ClH/c1-19-14(16)13-9-5-6-10-15(13)20(17,18)11-12-7-3-2-4-8-12;1-10-7(9)6-4-2-3-5-8-6;/h12-13H,2-11H2,1H3;6,8H,2-5H2,1H3;1H/t13-;6-;/m00./s1. The number of methoxy groups -OCH3 is 2. The number of hydrogen-bond acceptors (Lipinski definition) is 7. The smallest absolute Gasteiger partial charge is 0.324 e. The number of rotatable bonds is 5. The zero-order valence-corrected chi connectivity index (χ0v) is 20.5. The van der Waals surface area contributed by atoms with Crippen LogP contribution >= 0.6 is 12.4 Å². The van der Waals surface area contributed by atoms with Gasteiger partial charge in [0.15, 0.2) is 0 Å². The molecule has 0 radical (unpaired) electrons. The van der Waals surface area contributed by atoms with E-state index in [0.717, 1.165) is 57.9 Å². The summed E-state index contributed by atoms with van der Waals surface area (Å²) in [6.45, 7) is 1.40. The topological polar surface area (TPSA) is 102 Å². The highest BCUT2D eigenvalue weighted by Crippen LogP contribution is 2.28. The van der Waals surface area contributed by atoms with Gasteiger partial charge in [-0.3, -0.25) is 9.59 Å². The number of ether oxygens (including phenoxy) is 2. The molecule has 8 nitrogen and oxygen atoms in total. The molecule has 3 fully saturated rings. The van der Waals surface area contributed by atoms with Crippen LogP contribution in [-0.4, -0.2) is 69.8 Å². The second-order valence-electron chi connectivity index (χ2n) is 8.45. The van der Waals surface area contributed by atoms with Crippen molar-refractivity contribution in [2.24, 2.45) is 5.92 Å². The molecule has 0 aromatic heterocycles. The fraction of sp³-hybridized carbons (Fsp3) is 0.905. The molecule has 1 aliphatic carbocycles. The number of hydrogen-bond donors (Lipinski definition) is 1. The summed E-state index contributed by atoms with van der Waals surface area (Å²) in [7, 11) is -0.603. The van der Waals surface area contributed by atoms with Crippen molar-refractivity contribution in [3.05, 3.63) is 0 Å². The Morgan fingerprint density at radius 3 is 2.06 bits per heavy atom. The van der Waals surface area contributed by atoms with E-state index in [0.29, 0.717) is 13.0 Å². The molecule has 10 heteroatoms.